The van der Waals surface area contributed by atoms with E-state index in [1.54, 1.807) is 36.4 Å². The molecule has 0 bridgehead atoms. The van der Waals surface area contributed by atoms with Crippen LogP contribution in [0.3, 0.4) is 0 Å². The average Bonchev–Trinajstić information content (AvgIpc) is 2.72. The van der Waals surface area contributed by atoms with E-state index in [2.05, 4.69) is 33.9 Å². The first-order chi connectivity index (χ1) is 11.0. The Morgan fingerprint density at radius 1 is 1.12 bits per heavy atom. The van der Waals surface area contributed by atoms with Crippen LogP contribution >= 0.6 is 0 Å². The van der Waals surface area contributed by atoms with Crippen molar-refractivity contribution in [3.05, 3.63) is 53.5 Å². The molecule has 0 saturated carbocycles. The Bertz CT molecular complexity index is 726. The van der Waals surface area contributed by atoms with E-state index in [1.165, 1.54) is 0 Å². The van der Waals surface area contributed by atoms with Crippen molar-refractivity contribution < 1.29 is 12.8 Å². The summed E-state index contributed by atoms with van der Waals surface area (Å²) in [5.74, 6) is 0. The number of benzene rings is 1. The molecule has 0 unspecified atom stereocenters. The summed E-state index contributed by atoms with van der Waals surface area (Å²) in [6, 6.07) is 8.59. The van der Waals surface area contributed by atoms with E-state index in [4.69, 9.17) is 4.43 Å². The van der Waals surface area contributed by atoms with E-state index in [-0.39, 0.29) is 11.1 Å². The molecule has 3 nitrogen and oxygen atoms in total. The number of sulfone groups is 1. The standard InChI is InChI=1S/C19H28O3SSi/c1-19(2,3)24(4,5)22-16-11-9-10-14-18(15-16)23(20,21)17-12-7-6-8-13-17/h6-8,10,12-16H,9,11H2,1-5H3/t16-/m1/s1. The molecule has 1 aromatic rings. The van der Waals surface area contributed by atoms with Crippen LogP contribution in [0.4, 0.5) is 0 Å². The van der Waals surface area contributed by atoms with Gasteiger partial charge in [0.15, 0.2) is 8.32 Å². The third kappa shape index (κ3) is 4.26. The van der Waals surface area contributed by atoms with Gasteiger partial charge in [0, 0.05) is 0 Å². The van der Waals surface area contributed by atoms with Crippen molar-refractivity contribution in [2.24, 2.45) is 0 Å². The number of hydrogen-bond acceptors (Lipinski definition) is 3. The zero-order chi connectivity index (χ0) is 18.0. The van der Waals surface area contributed by atoms with Gasteiger partial charge in [0.05, 0.1) is 15.9 Å². The molecule has 1 aliphatic rings. The van der Waals surface area contributed by atoms with Gasteiger partial charge < -0.3 is 4.43 Å². The molecule has 0 amide bonds. The van der Waals surface area contributed by atoms with Gasteiger partial charge in [0.2, 0.25) is 9.84 Å². The number of rotatable bonds is 4. The Morgan fingerprint density at radius 2 is 1.75 bits per heavy atom. The monoisotopic (exact) mass is 364 g/mol. The predicted octanol–water partition coefficient (Wildman–Crippen LogP) is 5.08. The Labute approximate surface area is 147 Å². The fourth-order valence-electron chi connectivity index (χ4n) is 2.35. The first-order valence-electron chi connectivity index (χ1n) is 8.40. The molecule has 0 spiro atoms. The summed E-state index contributed by atoms with van der Waals surface area (Å²) in [6.07, 6.45) is 6.93. The summed E-state index contributed by atoms with van der Waals surface area (Å²) >= 11 is 0. The maximum atomic E-state index is 12.9. The minimum atomic E-state index is -3.50. The largest absolute Gasteiger partial charge is 0.410 e. The third-order valence-corrected chi connectivity index (χ3v) is 11.2. The van der Waals surface area contributed by atoms with Crippen LogP contribution < -0.4 is 0 Å². The highest BCUT2D eigenvalue weighted by molar-refractivity contribution is 7.95. The lowest BCUT2D eigenvalue weighted by molar-refractivity contribution is 0.216. The van der Waals surface area contributed by atoms with Crippen LogP contribution in [0.25, 0.3) is 0 Å². The molecule has 1 atom stereocenters. The zero-order valence-electron chi connectivity index (χ0n) is 15.2. The van der Waals surface area contributed by atoms with Gasteiger partial charge in [0.1, 0.15) is 0 Å². The molecule has 2 rings (SSSR count). The molecule has 24 heavy (non-hydrogen) atoms. The minimum Gasteiger partial charge on any atom is -0.410 e. The lowest BCUT2D eigenvalue weighted by atomic mass is 10.2. The molecule has 0 aromatic heterocycles. The van der Waals surface area contributed by atoms with E-state index < -0.39 is 18.2 Å². The van der Waals surface area contributed by atoms with E-state index in [1.807, 2.05) is 12.1 Å². The van der Waals surface area contributed by atoms with Crippen LogP contribution in [-0.2, 0) is 14.3 Å². The van der Waals surface area contributed by atoms with E-state index in [0.717, 1.165) is 12.8 Å². The maximum Gasteiger partial charge on any atom is 0.206 e. The SMILES string of the molecule is CC(C)(C)[Si](C)(C)O[C@H]1C=C(S(=O)(=O)c2ccccc2)C=CCC1. The molecule has 0 fully saturated rings. The van der Waals surface area contributed by atoms with Crippen molar-refractivity contribution in [3.63, 3.8) is 0 Å². The molecule has 0 aliphatic heterocycles. The summed E-state index contributed by atoms with van der Waals surface area (Å²) in [5.41, 5.74) is 0. The van der Waals surface area contributed by atoms with Crippen LogP contribution in [0.1, 0.15) is 33.6 Å². The van der Waals surface area contributed by atoms with E-state index in [0.29, 0.717) is 9.80 Å². The van der Waals surface area contributed by atoms with Crippen molar-refractivity contribution in [2.45, 2.75) is 62.7 Å². The van der Waals surface area contributed by atoms with Gasteiger partial charge in [-0.2, -0.15) is 0 Å². The topological polar surface area (TPSA) is 43.4 Å². The van der Waals surface area contributed by atoms with Gasteiger partial charge in [-0.25, -0.2) is 8.42 Å². The van der Waals surface area contributed by atoms with Gasteiger partial charge in [-0.05, 0) is 55.3 Å². The summed E-state index contributed by atoms with van der Waals surface area (Å²) in [6.45, 7) is 11.0. The second-order valence-corrected chi connectivity index (χ2v) is 14.5. The van der Waals surface area contributed by atoms with Crippen molar-refractivity contribution in [2.75, 3.05) is 0 Å². The summed E-state index contributed by atoms with van der Waals surface area (Å²) in [5, 5.41) is 0.0963. The normalized spacial score (nSPS) is 19.7. The highest BCUT2D eigenvalue weighted by Gasteiger charge is 2.39. The molecule has 1 aliphatic carbocycles. The molecular formula is C19H28O3SSi. The summed E-state index contributed by atoms with van der Waals surface area (Å²) in [7, 11) is -5.45. The molecule has 132 valence electrons. The van der Waals surface area contributed by atoms with Crippen molar-refractivity contribution in [3.8, 4) is 0 Å². The second-order valence-electron chi connectivity index (χ2n) is 7.78. The Hall–Kier alpha value is -1.17. The molecule has 0 N–H and O–H groups in total. The van der Waals surface area contributed by atoms with Gasteiger partial charge in [-0.3, -0.25) is 0 Å². The highest BCUT2D eigenvalue weighted by Crippen LogP contribution is 2.38. The van der Waals surface area contributed by atoms with Gasteiger partial charge in [0.25, 0.3) is 0 Å². The minimum absolute atomic E-state index is 0.0963. The fraction of sp³-hybridized carbons (Fsp3) is 0.474. The van der Waals surface area contributed by atoms with Crippen LogP contribution in [-0.4, -0.2) is 22.8 Å². The quantitative estimate of drug-likeness (QED) is 0.699. The van der Waals surface area contributed by atoms with Gasteiger partial charge in [-0.1, -0.05) is 45.0 Å². The first-order valence-corrected chi connectivity index (χ1v) is 12.8. The zero-order valence-corrected chi connectivity index (χ0v) is 17.1. The highest BCUT2D eigenvalue weighted by atomic mass is 32.2. The molecule has 0 radical (unpaired) electrons. The lowest BCUT2D eigenvalue weighted by Gasteiger charge is -2.38. The molecule has 5 heteroatoms. The van der Waals surface area contributed by atoms with E-state index >= 15 is 0 Å². The van der Waals surface area contributed by atoms with Crippen LogP contribution in [0.5, 0.6) is 0 Å². The molecular weight excluding hydrogens is 336 g/mol. The molecule has 0 heterocycles. The summed E-state index contributed by atoms with van der Waals surface area (Å²) < 4.78 is 32.2. The first kappa shape index (κ1) is 19.2. The Balaban J connectivity index is 2.34. The van der Waals surface area contributed by atoms with Crippen molar-refractivity contribution >= 4 is 18.2 Å². The molecule has 1 aromatic carbocycles. The van der Waals surface area contributed by atoms with Gasteiger partial charge >= 0.3 is 0 Å². The van der Waals surface area contributed by atoms with Crippen LogP contribution in [0, 0.1) is 0 Å². The fourth-order valence-corrected chi connectivity index (χ4v) is 5.04. The summed E-state index contributed by atoms with van der Waals surface area (Å²) in [4.78, 5) is 0.670. The lowest BCUT2D eigenvalue weighted by Crippen LogP contribution is -2.43. The van der Waals surface area contributed by atoms with Crippen LogP contribution in [0.15, 0.2) is 58.4 Å². The number of allylic oxidation sites excluding steroid dienone is 2. The average molecular weight is 365 g/mol. The maximum absolute atomic E-state index is 12.9. The predicted molar refractivity (Wildman–Crippen MR) is 102 cm³/mol. The Kier molecular flexibility index (Phi) is 5.57. The van der Waals surface area contributed by atoms with Crippen molar-refractivity contribution in [1.82, 2.24) is 0 Å². The Morgan fingerprint density at radius 3 is 2.33 bits per heavy atom. The smallest absolute Gasteiger partial charge is 0.206 e. The van der Waals surface area contributed by atoms with E-state index in [9.17, 15) is 8.42 Å². The second kappa shape index (κ2) is 6.98. The molecule has 0 saturated heterocycles. The van der Waals surface area contributed by atoms with Crippen molar-refractivity contribution in [1.29, 1.82) is 0 Å². The van der Waals surface area contributed by atoms with Crippen LogP contribution in [0.2, 0.25) is 18.1 Å². The third-order valence-electron chi connectivity index (χ3n) is 4.87. The van der Waals surface area contributed by atoms with Gasteiger partial charge in [-0.15, -0.1) is 0 Å². The number of hydrogen-bond donors (Lipinski definition) is 0.